The quantitative estimate of drug-likeness (QED) is 0.683. The van der Waals surface area contributed by atoms with Gasteiger partial charge in [0, 0.05) is 5.69 Å². The summed E-state index contributed by atoms with van der Waals surface area (Å²) in [4.78, 5) is 12.6. The third-order valence-electron chi connectivity index (χ3n) is 4.04. The molecule has 1 N–H and O–H groups in total. The fraction of sp³-hybridized carbons (Fsp3) is 0.0952. The SMILES string of the molecule is O=C(Nc1ccccc1)c1ccccc1OCc1cc(Cl)c2c(c1)OCO2. The number of fused-ring (bicyclic) bond motifs is 1. The van der Waals surface area contributed by atoms with Crippen molar-refractivity contribution in [1.82, 2.24) is 0 Å². The first-order valence-electron chi connectivity index (χ1n) is 8.37. The number of carbonyl (C=O) groups is 1. The van der Waals surface area contributed by atoms with Gasteiger partial charge in [0.2, 0.25) is 6.79 Å². The smallest absolute Gasteiger partial charge is 0.259 e. The van der Waals surface area contributed by atoms with Crippen molar-refractivity contribution < 1.29 is 19.0 Å². The van der Waals surface area contributed by atoms with Gasteiger partial charge in [0.25, 0.3) is 5.91 Å². The van der Waals surface area contributed by atoms with Crippen LogP contribution in [0.3, 0.4) is 0 Å². The molecule has 0 radical (unpaired) electrons. The van der Waals surface area contributed by atoms with E-state index in [1.807, 2.05) is 42.5 Å². The van der Waals surface area contributed by atoms with Crippen LogP contribution in [0.1, 0.15) is 15.9 Å². The van der Waals surface area contributed by atoms with Gasteiger partial charge >= 0.3 is 0 Å². The lowest BCUT2D eigenvalue weighted by atomic mass is 10.1. The van der Waals surface area contributed by atoms with Gasteiger partial charge in [-0.1, -0.05) is 41.9 Å². The number of amides is 1. The zero-order valence-electron chi connectivity index (χ0n) is 14.3. The van der Waals surface area contributed by atoms with Crippen molar-refractivity contribution in [3.63, 3.8) is 0 Å². The Kier molecular flexibility index (Phi) is 4.85. The lowest BCUT2D eigenvalue weighted by Crippen LogP contribution is -2.13. The highest BCUT2D eigenvalue weighted by molar-refractivity contribution is 6.32. The minimum atomic E-state index is -0.236. The molecule has 3 aromatic carbocycles. The Hall–Kier alpha value is -3.18. The van der Waals surface area contributed by atoms with Gasteiger partial charge in [-0.05, 0) is 42.0 Å². The molecule has 27 heavy (non-hydrogen) atoms. The van der Waals surface area contributed by atoms with Crippen LogP contribution in [0.4, 0.5) is 5.69 Å². The van der Waals surface area contributed by atoms with E-state index in [-0.39, 0.29) is 19.3 Å². The lowest BCUT2D eigenvalue weighted by molar-refractivity contribution is 0.102. The van der Waals surface area contributed by atoms with Crippen LogP contribution in [0, 0.1) is 0 Å². The second-order valence-corrected chi connectivity index (χ2v) is 6.32. The Bertz CT molecular complexity index is 975. The molecule has 3 aromatic rings. The van der Waals surface area contributed by atoms with Crippen LogP contribution < -0.4 is 19.5 Å². The van der Waals surface area contributed by atoms with E-state index in [0.717, 1.165) is 11.3 Å². The number of halogens is 1. The van der Waals surface area contributed by atoms with Crippen LogP contribution in [-0.4, -0.2) is 12.7 Å². The summed E-state index contributed by atoms with van der Waals surface area (Å²) in [5.41, 5.74) is 2.00. The van der Waals surface area contributed by atoms with Crippen molar-refractivity contribution in [2.24, 2.45) is 0 Å². The number of hydrogen-bond donors (Lipinski definition) is 1. The molecule has 0 saturated heterocycles. The van der Waals surface area contributed by atoms with Crippen LogP contribution in [0.15, 0.2) is 66.7 Å². The summed E-state index contributed by atoms with van der Waals surface area (Å²) in [6, 6.07) is 20.0. The molecule has 4 rings (SSSR count). The lowest BCUT2D eigenvalue weighted by Gasteiger charge is -2.12. The Morgan fingerprint density at radius 3 is 2.67 bits per heavy atom. The van der Waals surface area contributed by atoms with E-state index in [9.17, 15) is 4.79 Å². The highest BCUT2D eigenvalue weighted by atomic mass is 35.5. The standard InChI is InChI=1S/C21H16ClNO4/c22-17-10-14(11-19-20(17)27-13-26-19)12-25-18-9-5-4-8-16(18)21(24)23-15-6-2-1-3-7-15/h1-11H,12-13H2,(H,23,24). The molecule has 0 spiro atoms. The summed E-state index contributed by atoms with van der Waals surface area (Å²) >= 11 is 6.20. The average Bonchev–Trinajstić information content (AvgIpc) is 3.17. The maximum Gasteiger partial charge on any atom is 0.259 e. The van der Waals surface area contributed by atoms with Crippen molar-refractivity contribution in [1.29, 1.82) is 0 Å². The third-order valence-corrected chi connectivity index (χ3v) is 4.33. The van der Waals surface area contributed by atoms with E-state index >= 15 is 0 Å². The van der Waals surface area contributed by atoms with Gasteiger partial charge in [-0.15, -0.1) is 0 Å². The minimum Gasteiger partial charge on any atom is -0.488 e. The molecule has 1 aliphatic heterocycles. The van der Waals surface area contributed by atoms with E-state index in [1.54, 1.807) is 24.3 Å². The van der Waals surface area contributed by atoms with Gasteiger partial charge in [0.05, 0.1) is 10.6 Å². The zero-order chi connectivity index (χ0) is 18.6. The van der Waals surface area contributed by atoms with E-state index in [1.165, 1.54) is 0 Å². The number of benzene rings is 3. The van der Waals surface area contributed by atoms with Crippen LogP contribution in [0.25, 0.3) is 0 Å². The van der Waals surface area contributed by atoms with Gasteiger partial charge in [-0.3, -0.25) is 4.79 Å². The Morgan fingerprint density at radius 1 is 1.04 bits per heavy atom. The van der Waals surface area contributed by atoms with Crippen LogP contribution in [-0.2, 0) is 6.61 Å². The number of rotatable bonds is 5. The summed E-state index contributed by atoms with van der Waals surface area (Å²) in [6.07, 6.45) is 0. The third kappa shape index (κ3) is 3.83. The fourth-order valence-electron chi connectivity index (χ4n) is 2.77. The molecular formula is C21H16ClNO4. The van der Waals surface area contributed by atoms with Gasteiger partial charge in [0.1, 0.15) is 12.4 Å². The van der Waals surface area contributed by atoms with Gasteiger partial charge in [0.15, 0.2) is 11.5 Å². The number of nitrogens with one attached hydrogen (secondary N) is 1. The molecule has 0 aliphatic carbocycles. The monoisotopic (exact) mass is 381 g/mol. The molecule has 5 nitrogen and oxygen atoms in total. The summed E-state index contributed by atoms with van der Waals surface area (Å²) in [5, 5.41) is 3.33. The Balaban J connectivity index is 1.50. The number of ether oxygens (including phenoxy) is 3. The summed E-state index contributed by atoms with van der Waals surface area (Å²) in [6.45, 7) is 0.397. The molecule has 0 atom stereocenters. The van der Waals surface area contributed by atoms with E-state index in [0.29, 0.717) is 27.8 Å². The highest BCUT2D eigenvalue weighted by Gasteiger charge is 2.19. The number of para-hydroxylation sites is 2. The summed E-state index contributed by atoms with van der Waals surface area (Å²) < 4.78 is 16.6. The molecule has 0 unspecified atom stereocenters. The molecule has 0 bridgehead atoms. The predicted octanol–water partition coefficient (Wildman–Crippen LogP) is 4.90. The molecule has 1 heterocycles. The maximum atomic E-state index is 12.6. The molecule has 1 aliphatic rings. The van der Waals surface area contributed by atoms with Crippen LogP contribution in [0.5, 0.6) is 17.2 Å². The Labute approximate surface area is 161 Å². The van der Waals surface area contributed by atoms with Crippen molar-refractivity contribution in [3.05, 3.63) is 82.9 Å². The molecule has 6 heteroatoms. The fourth-order valence-corrected chi connectivity index (χ4v) is 3.05. The first kappa shape index (κ1) is 17.2. The first-order chi connectivity index (χ1) is 13.2. The van der Waals surface area contributed by atoms with Crippen molar-refractivity contribution >= 4 is 23.2 Å². The van der Waals surface area contributed by atoms with Gasteiger partial charge < -0.3 is 19.5 Å². The van der Waals surface area contributed by atoms with Crippen molar-refractivity contribution in [2.45, 2.75) is 6.61 Å². The second kappa shape index (κ2) is 7.60. The molecule has 0 aromatic heterocycles. The van der Waals surface area contributed by atoms with E-state index in [2.05, 4.69) is 5.32 Å². The normalized spacial score (nSPS) is 11.9. The average molecular weight is 382 g/mol. The van der Waals surface area contributed by atoms with Crippen LogP contribution in [0.2, 0.25) is 5.02 Å². The van der Waals surface area contributed by atoms with Crippen molar-refractivity contribution in [2.75, 3.05) is 12.1 Å². The van der Waals surface area contributed by atoms with Crippen molar-refractivity contribution in [3.8, 4) is 17.2 Å². The largest absolute Gasteiger partial charge is 0.488 e. The van der Waals surface area contributed by atoms with Gasteiger partial charge in [-0.2, -0.15) is 0 Å². The molecule has 1 amide bonds. The zero-order valence-corrected chi connectivity index (χ0v) is 15.0. The molecule has 136 valence electrons. The maximum absolute atomic E-state index is 12.6. The summed E-state index contributed by atoms with van der Waals surface area (Å²) in [5.74, 6) is 1.39. The summed E-state index contributed by atoms with van der Waals surface area (Å²) in [7, 11) is 0. The second-order valence-electron chi connectivity index (χ2n) is 5.92. The van der Waals surface area contributed by atoms with E-state index in [4.69, 9.17) is 25.8 Å². The van der Waals surface area contributed by atoms with E-state index < -0.39 is 0 Å². The molecule has 0 fully saturated rings. The predicted molar refractivity (Wildman–Crippen MR) is 103 cm³/mol. The Morgan fingerprint density at radius 2 is 1.81 bits per heavy atom. The number of anilines is 1. The first-order valence-corrected chi connectivity index (χ1v) is 8.75. The van der Waals surface area contributed by atoms with Crippen LogP contribution >= 0.6 is 11.6 Å². The molecular weight excluding hydrogens is 366 g/mol. The highest BCUT2D eigenvalue weighted by Crippen LogP contribution is 2.40. The van der Waals surface area contributed by atoms with Gasteiger partial charge in [-0.25, -0.2) is 0 Å². The number of hydrogen-bond acceptors (Lipinski definition) is 4. The molecule has 0 saturated carbocycles. The topological polar surface area (TPSA) is 56.8 Å². The number of carbonyl (C=O) groups excluding carboxylic acids is 1. The minimum absolute atomic E-state index is 0.155.